The zero-order valence-electron chi connectivity index (χ0n) is 8.85. The van der Waals surface area contributed by atoms with Crippen LogP contribution in [-0.4, -0.2) is 44.0 Å². The van der Waals surface area contributed by atoms with E-state index >= 15 is 0 Å². The Morgan fingerprint density at radius 1 is 1.60 bits per heavy atom. The van der Waals surface area contributed by atoms with E-state index < -0.39 is 12.4 Å². The van der Waals surface area contributed by atoms with Crippen LogP contribution in [0.5, 0.6) is 0 Å². The summed E-state index contributed by atoms with van der Waals surface area (Å²) in [4.78, 5) is 23.4. The van der Waals surface area contributed by atoms with Gasteiger partial charge in [-0.25, -0.2) is 4.79 Å². The van der Waals surface area contributed by atoms with Crippen LogP contribution < -0.4 is 0 Å². The van der Waals surface area contributed by atoms with Crippen LogP contribution in [0, 0.1) is 0 Å². The predicted molar refractivity (Wildman–Crippen MR) is 49.8 cm³/mol. The molecule has 1 unspecified atom stereocenters. The Labute approximate surface area is 87.4 Å². The van der Waals surface area contributed by atoms with E-state index in [4.69, 9.17) is 9.47 Å². The van der Waals surface area contributed by atoms with Crippen molar-refractivity contribution >= 4 is 12.1 Å². The maximum atomic E-state index is 11.3. The third-order valence-electron chi connectivity index (χ3n) is 1.89. The van der Waals surface area contributed by atoms with E-state index in [0.29, 0.717) is 12.4 Å². The number of hydrogen-bond acceptors (Lipinski definition) is 5. The van der Waals surface area contributed by atoms with Crippen LogP contribution in [0.3, 0.4) is 0 Å². The summed E-state index contributed by atoms with van der Waals surface area (Å²) in [7, 11) is 2.71. The number of nitrogens with zero attached hydrogens (tertiary/aromatic N) is 1. The number of carbonyl (C=O) groups is 2. The van der Waals surface area contributed by atoms with Crippen molar-refractivity contribution in [1.29, 1.82) is 0 Å². The van der Waals surface area contributed by atoms with Crippen LogP contribution in [-0.2, 0) is 19.0 Å². The van der Waals surface area contributed by atoms with Gasteiger partial charge < -0.3 is 14.2 Å². The Balaban J connectivity index is 2.71. The van der Waals surface area contributed by atoms with E-state index in [1.807, 2.05) is 0 Å². The molecule has 0 saturated heterocycles. The van der Waals surface area contributed by atoms with Gasteiger partial charge in [-0.2, -0.15) is 0 Å². The van der Waals surface area contributed by atoms with Crippen molar-refractivity contribution < 1.29 is 23.8 Å². The molecule has 1 heterocycles. The van der Waals surface area contributed by atoms with Crippen molar-refractivity contribution in [1.82, 2.24) is 4.90 Å². The molecular weight excluding hydrogens is 202 g/mol. The minimum Gasteiger partial charge on any atom is -0.492 e. The number of hydrogen-bond donors (Lipinski definition) is 0. The molecule has 0 aromatic rings. The molecule has 0 N–H and O–H groups in total. The fourth-order valence-corrected chi connectivity index (χ4v) is 1.16. The van der Waals surface area contributed by atoms with Crippen molar-refractivity contribution in [2.75, 3.05) is 20.8 Å². The number of rotatable bonds is 3. The monoisotopic (exact) mass is 215 g/mol. The molecule has 1 aliphatic rings. The minimum atomic E-state index is -0.854. The Morgan fingerprint density at radius 3 is 2.80 bits per heavy atom. The molecule has 0 radical (unpaired) electrons. The molecule has 1 atom stereocenters. The van der Waals surface area contributed by atoms with Crippen molar-refractivity contribution in [2.45, 2.75) is 13.2 Å². The van der Waals surface area contributed by atoms with Gasteiger partial charge in [0.1, 0.15) is 0 Å². The van der Waals surface area contributed by atoms with E-state index in [1.165, 1.54) is 25.1 Å². The van der Waals surface area contributed by atoms with E-state index in [1.54, 1.807) is 6.92 Å². The van der Waals surface area contributed by atoms with E-state index in [9.17, 15) is 9.59 Å². The van der Waals surface area contributed by atoms with Crippen LogP contribution in [0.25, 0.3) is 0 Å². The highest BCUT2D eigenvalue weighted by atomic mass is 16.7. The first kappa shape index (κ1) is 11.4. The molecule has 6 nitrogen and oxygen atoms in total. The molecule has 1 amide bonds. The lowest BCUT2D eigenvalue weighted by atomic mass is 10.4. The zero-order chi connectivity index (χ0) is 11.4. The molecule has 0 fully saturated rings. The third kappa shape index (κ3) is 2.39. The second kappa shape index (κ2) is 4.68. The Morgan fingerprint density at radius 2 is 2.27 bits per heavy atom. The van der Waals surface area contributed by atoms with Crippen molar-refractivity contribution in [2.24, 2.45) is 0 Å². The molecule has 84 valence electrons. The lowest BCUT2D eigenvalue weighted by Gasteiger charge is -2.21. The average molecular weight is 215 g/mol. The van der Waals surface area contributed by atoms with Gasteiger partial charge in [-0.05, 0) is 6.92 Å². The summed E-state index contributed by atoms with van der Waals surface area (Å²) in [5.74, 6) is 0.0442. The second-order valence-electron chi connectivity index (χ2n) is 2.85. The Kier molecular flexibility index (Phi) is 3.54. The summed E-state index contributed by atoms with van der Waals surface area (Å²) in [5, 5.41) is 0. The quantitative estimate of drug-likeness (QED) is 0.641. The molecule has 0 spiro atoms. The summed E-state index contributed by atoms with van der Waals surface area (Å²) >= 11 is 0. The largest absolute Gasteiger partial charge is 0.510 e. The molecule has 0 aromatic carbocycles. The Hall–Kier alpha value is -1.72. The second-order valence-corrected chi connectivity index (χ2v) is 2.85. The number of ether oxygens (including phenoxy) is 3. The Bertz CT molecular complexity index is 299. The van der Waals surface area contributed by atoms with Gasteiger partial charge >= 0.3 is 6.16 Å². The van der Waals surface area contributed by atoms with E-state index in [-0.39, 0.29) is 5.91 Å². The van der Waals surface area contributed by atoms with Crippen molar-refractivity contribution in [3.63, 3.8) is 0 Å². The third-order valence-corrected chi connectivity index (χ3v) is 1.89. The average Bonchev–Trinajstić information content (AvgIpc) is 2.46. The number of likely N-dealkylation sites (N-methyl/N-ethyl adjacent to an activating group) is 1. The molecule has 15 heavy (non-hydrogen) atoms. The van der Waals surface area contributed by atoms with E-state index in [0.717, 1.165) is 0 Å². The minimum absolute atomic E-state index is 0.271. The first-order valence-electron chi connectivity index (χ1n) is 4.46. The highest BCUT2D eigenvalue weighted by Gasteiger charge is 2.34. The highest BCUT2D eigenvalue weighted by molar-refractivity contribution is 5.91. The molecule has 6 heteroatoms. The summed E-state index contributed by atoms with van der Waals surface area (Å²) in [5.41, 5.74) is 0. The lowest BCUT2D eigenvalue weighted by Crippen LogP contribution is -2.35. The van der Waals surface area contributed by atoms with Crippen molar-refractivity contribution in [3.8, 4) is 0 Å². The molecule has 1 aliphatic heterocycles. The maximum Gasteiger partial charge on any atom is 0.510 e. The lowest BCUT2D eigenvalue weighted by molar-refractivity contribution is -0.130. The summed E-state index contributed by atoms with van der Waals surface area (Å²) < 4.78 is 14.4. The van der Waals surface area contributed by atoms with Gasteiger partial charge in [-0.15, -0.1) is 0 Å². The number of carbonyl (C=O) groups excluding carboxylic acids is 2. The molecule has 0 saturated carbocycles. The van der Waals surface area contributed by atoms with Crippen LogP contribution in [0.4, 0.5) is 4.79 Å². The number of amides is 1. The van der Waals surface area contributed by atoms with Crippen LogP contribution in [0.15, 0.2) is 11.8 Å². The fourth-order valence-electron chi connectivity index (χ4n) is 1.16. The number of methoxy groups -OCH3 is 1. The molecule has 0 aliphatic carbocycles. The van der Waals surface area contributed by atoms with Crippen LogP contribution in [0.2, 0.25) is 0 Å². The molecule has 1 rings (SSSR count). The van der Waals surface area contributed by atoms with Gasteiger partial charge in [0, 0.05) is 13.1 Å². The maximum absolute atomic E-state index is 11.3. The van der Waals surface area contributed by atoms with Gasteiger partial charge in [0.25, 0.3) is 5.91 Å². The SMILES string of the molecule is CCOC1=CC(=O)N(C)C1OC(=O)OC. The normalized spacial score (nSPS) is 19.9. The summed E-state index contributed by atoms with van der Waals surface area (Å²) in [6.45, 7) is 2.17. The highest BCUT2D eigenvalue weighted by Crippen LogP contribution is 2.20. The van der Waals surface area contributed by atoms with Crippen LogP contribution >= 0.6 is 0 Å². The van der Waals surface area contributed by atoms with Gasteiger partial charge in [0.2, 0.25) is 6.23 Å². The van der Waals surface area contributed by atoms with E-state index in [2.05, 4.69) is 4.74 Å². The zero-order valence-corrected chi connectivity index (χ0v) is 8.85. The predicted octanol–water partition coefficient (Wildman–Crippen LogP) is 0.488. The molecule has 0 bridgehead atoms. The van der Waals surface area contributed by atoms with Crippen molar-refractivity contribution in [3.05, 3.63) is 11.8 Å². The summed E-state index contributed by atoms with van der Waals surface area (Å²) in [6, 6.07) is 0. The first-order chi connectivity index (χ1) is 7.10. The smallest absolute Gasteiger partial charge is 0.492 e. The fraction of sp³-hybridized carbons (Fsp3) is 0.556. The molecule has 0 aromatic heterocycles. The van der Waals surface area contributed by atoms with Gasteiger partial charge in [0.15, 0.2) is 5.76 Å². The topological polar surface area (TPSA) is 65.1 Å². The van der Waals surface area contributed by atoms with Gasteiger partial charge in [0.05, 0.1) is 13.7 Å². The van der Waals surface area contributed by atoms with Gasteiger partial charge in [-0.1, -0.05) is 0 Å². The first-order valence-corrected chi connectivity index (χ1v) is 4.46. The van der Waals surface area contributed by atoms with Gasteiger partial charge in [-0.3, -0.25) is 9.69 Å². The summed E-state index contributed by atoms with van der Waals surface area (Å²) in [6.07, 6.45) is -0.394. The molecular formula is C9H13NO5. The standard InChI is InChI=1S/C9H13NO5/c1-4-14-6-5-7(11)10(2)8(6)15-9(12)13-3/h5,8H,4H2,1-3H3. The van der Waals surface area contributed by atoms with Crippen LogP contribution in [0.1, 0.15) is 6.92 Å².